The van der Waals surface area contributed by atoms with Crippen LogP contribution in [0.1, 0.15) is 56.6 Å². The third kappa shape index (κ3) is 9.03. The summed E-state index contributed by atoms with van der Waals surface area (Å²) >= 11 is 0. The molecule has 0 spiro atoms. The number of unbranched alkanes of at least 4 members (excludes halogenated alkanes) is 3. The van der Waals surface area contributed by atoms with Crippen molar-refractivity contribution in [2.75, 3.05) is 33.4 Å². The van der Waals surface area contributed by atoms with E-state index in [0.717, 1.165) is 49.1 Å². The van der Waals surface area contributed by atoms with Crippen molar-refractivity contribution >= 4 is 17.7 Å². The Hall–Kier alpha value is -3.49. The Bertz CT molecular complexity index is 1180. The van der Waals surface area contributed by atoms with Crippen molar-refractivity contribution in [2.24, 2.45) is 10.9 Å². The molecule has 8 heteroatoms. The van der Waals surface area contributed by atoms with Crippen molar-refractivity contribution in [3.8, 4) is 5.75 Å². The molecular formula is C32H42N2O6. The van der Waals surface area contributed by atoms with Crippen LogP contribution in [0, 0.1) is 12.8 Å². The minimum atomic E-state index is -0.686. The number of rotatable bonds is 15. The summed E-state index contributed by atoms with van der Waals surface area (Å²) in [5.74, 6) is -1.32. The van der Waals surface area contributed by atoms with Crippen LogP contribution in [0.5, 0.6) is 5.75 Å². The fourth-order valence-electron chi connectivity index (χ4n) is 4.94. The predicted molar refractivity (Wildman–Crippen MR) is 155 cm³/mol. The van der Waals surface area contributed by atoms with Gasteiger partial charge in [0.25, 0.3) is 0 Å². The second-order valence-corrected chi connectivity index (χ2v) is 10.2. The highest BCUT2D eigenvalue weighted by molar-refractivity contribution is 6.07. The average Bonchev–Trinajstić information content (AvgIpc) is 2.94. The molecule has 216 valence electrons. The number of nitrogens with zero attached hydrogens (tertiary/aromatic N) is 1. The number of nitrogens with one attached hydrogen (secondary N) is 1. The van der Waals surface area contributed by atoms with Crippen LogP contribution in [0.15, 0.2) is 70.9 Å². The Labute approximate surface area is 237 Å². The number of carbonyl (C=O) groups excluding carboxylic acids is 2. The lowest BCUT2D eigenvalue weighted by molar-refractivity contribution is -0.144. The molecule has 0 saturated carbocycles. The average molecular weight is 551 g/mol. The van der Waals surface area contributed by atoms with Gasteiger partial charge < -0.3 is 24.6 Å². The monoisotopic (exact) mass is 550 g/mol. The number of aliphatic hydroxyl groups is 1. The van der Waals surface area contributed by atoms with Crippen LogP contribution in [0.3, 0.4) is 0 Å². The van der Waals surface area contributed by atoms with Gasteiger partial charge in [-0.05, 0) is 57.9 Å². The number of hydrogen-bond acceptors (Lipinski definition) is 8. The van der Waals surface area contributed by atoms with Crippen LogP contribution in [-0.4, -0.2) is 62.3 Å². The lowest BCUT2D eigenvalue weighted by Crippen LogP contribution is -2.36. The number of benzene rings is 2. The van der Waals surface area contributed by atoms with Crippen molar-refractivity contribution in [1.29, 1.82) is 0 Å². The third-order valence-corrected chi connectivity index (χ3v) is 6.95. The number of aliphatic imine (C=N–C) groups is 1. The van der Waals surface area contributed by atoms with Gasteiger partial charge in [-0.25, -0.2) is 4.79 Å². The molecule has 2 aromatic carbocycles. The van der Waals surface area contributed by atoms with Crippen molar-refractivity contribution in [1.82, 2.24) is 5.32 Å². The first-order valence-electron chi connectivity index (χ1n) is 14.0. The number of ether oxygens (including phenoxy) is 3. The second kappa shape index (κ2) is 15.9. The Morgan fingerprint density at radius 3 is 2.48 bits per heavy atom. The van der Waals surface area contributed by atoms with E-state index >= 15 is 0 Å². The van der Waals surface area contributed by atoms with E-state index in [1.807, 2.05) is 61.5 Å². The molecular weight excluding hydrogens is 508 g/mol. The van der Waals surface area contributed by atoms with Gasteiger partial charge in [-0.15, -0.1) is 0 Å². The molecule has 2 aromatic rings. The van der Waals surface area contributed by atoms with E-state index < -0.39 is 29.9 Å². The topological polar surface area (TPSA) is 106 Å². The minimum Gasteiger partial charge on any atom is -0.491 e. The summed E-state index contributed by atoms with van der Waals surface area (Å²) in [7, 11) is 1.35. The number of methoxy groups -OCH3 is 1. The molecule has 0 aromatic heterocycles. The van der Waals surface area contributed by atoms with E-state index in [0.29, 0.717) is 30.1 Å². The normalized spacial score (nSPS) is 17.7. The number of esters is 2. The molecule has 0 bridgehead atoms. The van der Waals surface area contributed by atoms with Crippen molar-refractivity contribution in [2.45, 2.75) is 58.5 Å². The highest BCUT2D eigenvalue weighted by atomic mass is 16.5. The fraction of sp³-hybridized carbons (Fsp3) is 0.469. The number of carbonyl (C=O) groups is 2. The fourth-order valence-corrected chi connectivity index (χ4v) is 4.94. The lowest BCUT2D eigenvalue weighted by Gasteiger charge is -2.31. The van der Waals surface area contributed by atoms with E-state index in [1.165, 1.54) is 7.11 Å². The zero-order chi connectivity index (χ0) is 28.9. The molecule has 1 aliphatic heterocycles. The summed E-state index contributed by atoms with van der Waals surface area (Å²) in [6.07, 6.45) is 3.00. The minimum absolute atomic E-state index is 0.244. The molecule has 8 nitrogen and oxygen atoms in total. The van der Waals surface area contributed by atoms with Crippen LogP contribution < -0.4 is 10.1 Å². The van der Waals surface area contributed by atoms with E-state index in [-0.39, 0.29) is 6.61 Å². The molecule has 0 saturated heterocycles. The number of aliphatic hydroxyl groups excluding tert-OH is 1. The number of hydrogen-bond donors (Lipinski definition) is 2. The van der Waals surface area contributed by atoms with Crippen LogP contribution in [-0.2, 0) is 19.1 Å². The molecule has 1 aliphatic rings. The first-order chi connectivity index (χ1) is 19.3. The number of aryl methyl sites for hydroxylation is 1. The van der Waals surface area contributed by atoms with Gasteiger partial charge in [-0.3, -0.25) is 9.79 Å². The molecule has 0 radical (unpaired) electrons. The molecule has 3 atom stereocenters. The maximum absolute atomic E-state index is 13.3. The number of para-hydroxylation sites is 1. The molecule has 0 amide bonds. The molecule has 40 heavy (non-hydrogen) atoms. The predicted octanol–water partition coefficient (Wildman–Crippen LogP) is 4.75. The van der Waals surface area contributed by atoms with Crippen molar-refractivity contribution < 1.29 is 28.9 Å². The summed E-state index contributed by atoms with van der Waals surface area (Å²) < 4.78 is 16.3. The molecule has 3 unspecified atom stereocenters. The van der Waals surface area contributed by atoms with Crippen LogP contribution in [0.4, 0.5) is 0 Å². The Kier molecular flexibility index (Phi) is 12.4. The summed E-state index contributed by atoms with van der Waals surface area (Å²) in [6.45, 7) is 7.36. The van der Waals surface area contributed by atoms with Crippen molar-refractivity contribution in [3.63, 3.8) is 0 Å². The zero-order valence-electron chi connectivity index (χ0n) is 24.0. The van der Waals surface area contributed by atoms with Crippen LogP contribution >= 0.6 is 0 Å². The molecule has 2 N–H and O–H groups in total. The Morgan fingerprint density at radius 1 is 1.00 bits per heavy atom. The van der Waals surface area contributed by atoms with Gasteiger partial charge in [0.15, 0.2) is 0 Å². The highest BCUT2D eigenvalue weighted by Gasteiger charge is 2.42. The molecule has 3 rings (SSSR count). The summed E-state index contributed by atoms with van der Waals surface area (Å²) in [6, 6.07) is 17.3. The SMILES string of the molecule is COC(=O)C1C(C)=NC(C)=C(C(=O)OCCCCCCNCC(O)COc2ccccc2)C1c1cccc(C)c1. The summed E-state index contributed by atoms with van der Waals surface area (Å²) in [4.78, 5) is 30.6. The van der Waals surface area contributed by atoms with Gasteiger partial charge in [0.1, 0.15) is 24.4 Å². The Morgan fingerprint density at radius 2 is 1.75 bits per heavy atom. The Balaban J connectivity index is 1.42. The van der Waals surface area contributed by atoms with E-state index in [2.05, 4.69) is 10.3 Å². The third-order valence-electron chi connectivity index (χ3n) is 6.95. The smallest absolute Gasteiger partial charge is 0.336 e. The zero-order valence-corrected chi connectivity index (χ0v) is 24.0. The largest absolute Gasteiger partial charge is 0.491 e. The maximum Gasteiger partial charge on any atom is 0.336 e. The van der Waals surface area contributed by atoms with Gasteiger partial charge in [0.05, 0.1) is 19.3 Å². The maximum atomic E-state index is 13.3. The number of allylic oxidation sites excluding steroid dienone is 1. The standard InChI is InChI=1S/C32H42N2O6/c1-22-13-12-14-25(19-22)30-28(31(36)38-4)23(2)34-24(3)29(30)32(37)39-18-11-6-5-10-17-33-20-26(35)21-40-27-15-8-7-9-16-27/h7-9,12-16,19,26,28,30,33,35H,5-6,10-11,17-18,20-21H2,1-4H3. The van der Waals surface area contributed by atoms with E-state index in [1.54, 1.807) is 13.8 Å². The highest BCUT2D eigenvalue weighted by Crippen LogP contribution is 2.40. The van der Waals surface area contributed by atoms with Gasteiger partial charge in [0.2, 0.25) is 0 Å². The lowest BCUT2D eigenvalue weighted by atomic mass is 9.75. The van der Waals surface area contributed by atoms with Crippen LogP contribution in [0.25, 0.3) is 0 Å². The molecule has 0 aliphatic carbocycles. The second-order valence-electron chi connectivity index (χ2n) is 10.2. The van der Waals surface area contributed by atoms with Gasteiger partial charge in [-0.1, -0.05) is 60.9 Å². The van der Waals surface area contributed by atoms with Gasteiger partial charge >= 0.3 is 11.9 Å². The summed E-state index contributed by atoms with van der Waals surface area (Å²) in [5, 5.41) is 13.3. The molecule has 1 heterocycles. The summed E-state index contributed by atoms with van der Waals surface area (Å²) in [5.41, 5.74) is 3.50. The van der Waals surface area contributed by atoms with Gasteiger partial charge in [0, 0.05) is 23.9 Å². The first kappa shape index (κ1) is 31.0. The first-order valence-corrected chi connectivity index (χ1v) is 14.0. The van der Waals surface area contributed by atoms with E-state index in [9.17, 15) is 14.7 Å². The molecule has 0 fully saturated rings. The van der Waals surface area contributed by atoms with Crippen molar-refractivity contribution in [3.05, 3.63) is 77.0 Å². The quantitative estimate of drug-likeness (QED) is 0.243. The van der Waals surface area contributed by atoms with Gasteiger partial charge in [-0.2, -0.15) is 0 Å². The van der Waals surface area contributed by atoms with E-state index in [4.69, 9.17) is 14.2 Å². The van der Waals surface area contributed by atoms with Crippen LogP contribution in [0.2, 0.25) is 0 Å².